The van der Waals surface area contributed by atoms with Gasteiger partial charge >= 0.3 is 5.97 Å². The number of amides is 2. The van der Waals surface area contributed by atoms with Gasteiger partial charge in [0.15, 0.2) is 0 Å². The quantitative estimate of drug-likeness (QED) is 0.555. The Balaban J connectivity index is 1.18. The molecule has 4 saturated carbocycles. The number of carbonyl (C=O) groups excluding carboxylic acids is 3. The lowest BCUT2D eigenvalue weighted by Crippen LogP contribution is -2.60. The van der Waals surface area contributed by atoms with Gasteiger partial charge in [-0.05, 0) is 82.1 Å². The largest absolute Gasteiger partial charge is 0.459 e. The van der Waals surface area contributed by atoms with E-state index in [9.17, 15) is 14.4 Å². The second-order valence-corrected chi connectivity index (χ2v) is 12.4. The van der Waals surface area contributed by atoms with Crippen molar-refractivity contribution in [1.29, 1.82) is 0 Å². The van der Waals surface area contributed by atoms with E-state index in [1.807, 2.05) is 0 Å². The Labute approximate surface area is 211 Å². The van der Waals surface area contributed by atoms with Crippen molar-refractivity contribution in [2.24, 2.45) is 29.4 Å². The summed E-state index contributed by atoms with van der Waals surface area (Å²) in [7, 11) is 0. The highest BCUT2D eigenvalue weighted by Crippen LogP contribution is 2.55. The topological polar surface area (TPSA) is 105 Å². The molecule has 5 fully saturated rings. The first-order valence-electron chi connectivity index (χ1n) is 13.1. The van der Waals surface area contributed by atoms with Gasteiger partial charge in [-0.15, -0.1) is 11.3 Å². The molecule has 1 aromatic heterocycles. The van der Waals surface area contributed by atoms with Crippen LogP contribution in [0.15, 0.2) is 0 Å². The highest BCUT2D eigenvalue weighted by molar-refractivity contribution is 7.18. The number of hydrogen-bond donors (Lipinski definition) is 2. The summed E-state index contributed by atoms with van der Waals surface area (Å²) in [5, 5.41) is 3.19. The number of primary amides is 1. The van der Waals surface area contributed by atoms with Gasteiger partial charge in [-0.3, -0.25) is 19.4 Å². The van der Waals surface area contributed by atoms with Crippen molar-refractivity contribution in [2.75, 3.05) is 38.0 Å². The lowest BCUT2D eigenvalue weighted by atomic mass is 9.54. The number of anilines is 1. The molecule has 1 aromatic rings. The molecule has 3 N–H and O–H groups in total. The van der Waals surface area contributed by atoms with Gasteiger partial charge in [-0.1, -0.05) is 0 Å². The Morgan fingerprint density at radius 3 is 2.17 bits per heavy atom. The lowest BCUT2D eigenvalue weighted by Gasteiger charge is -2.58. The van der Waals surface area contributed by atoms with Crippen LogP contribution in [-0.2, 0) is 9.53 Å². The van der Waals surface area contributed by atoms with Gasteiger partial charge < -0.3 is 15.8 Å². The number of piperazine rings is 1. The monoisotopic (exact) mass is 502 g/mol. The number of thiophene rings is 1. The third-order valence-electron chi connectivity index (χ3n) is 8.54. The van der Waals surface area contributed by atoms with E-state index in [2.05, 4.69) is 15.1 Å². The highest BCUT2D eigenvalue weighted by Gasteiger charge is 2.50. The molecular formula is C26H38N4O4S. The fourth-order valence-corrected chi connectivity index (χ4v) is 8.50. The molecule has 0 unspecified atom stereocenters. The van der Waals surface area contributed by atoms with Crippen molar-refractivity contribution in [3.63, 3.8) is 0 Å². The molecule has 1 aliphatic heterocycles. The van der Waals surface area contributed by atoms with Crippen molar-refractivity contribution in [3.05, 3.63) is 16.0 Å². The first-order valence-corrected chi connectivity index (χ1v) is 13.9. The molecule has 6 rings (SSSR count). The summed E-state index contributed by atoms with van der Waals surface area (Å²) in [4.78, 5) is 42.6. The van der Waals surface area contributed by atoms with Crippen molar-refractivity contribution < 1.29 is 19.1 Å². The third kappa shape index (κ3) is 5.00. The van der Waals surface area contributed by atoms with E-state index in [1.54, 1.807) is 20.8 Å². The van der Waals surface area contributed by atoms with Crippen molar-refractivity contribution in [2.45, 2.75) is 65.0 Å². The van der Waals surface area contributed by atoms with Crippen molar-refractivity contribution in [1.82, 2.24) is 9.80 Å². The number of nitrogens with two attached hydrogens (primary N) is 1. The molecule has 4 bridgehead atoms. The molecule has 0 radical (unpaired) electrons. The number of hydrogen-bond acceptors (Lipinski definition) is 7. The summed E-state index contributed by atoms with van der Waals surface area (Å²) in [6.07, 6.45) is 6.87. The predicted molar refractivity (Wildman–Crippen MR) is 136 cm³/mol. The minimum atomic E-state index is -0.618. The van der Waals surface area contributed by atoms with E-state index in [1.165, 1.54) is 32.1 Å². The van der Waals surface area contributed by atoms with E-state index in [4.69, 9.17) is 10.5 Å². The van der Waals surface area contributed by atoms with Crippen molar-refractivity contribution in [3.8, 4) is 0 Å². The van der Waals surface area contributed by atoms with Crippen LogP contribution >= 0.6 is 11.3 Å². The molecule has 4 aliphatic carbocycles. The van der Waals surface area contributed by atoms with Crippen LogP contribution in [0.5, 0.6) is 0 Å². The van der Waals surface area contributed by atoms with Crippen LogP contribution in [0.4, 0.5) is 5.00 Å². The zero-order valence-electron chi connectivity index (χ0n) is 21.0. The number of rotatable bonds is 7. The minimum absolute atomic E-state index is 0.191. The zero-order chi connectivity index (χ0) is 24.9. The molecule has 2 heterocycles. The van der Waals surface area contributed by atoms with Gasteiger partial charge in [0.25, 0.3) is 5.91 Å². The number of nitrogens with zero attached hydrogens (tertiary/aromatic N) is 2. The fraction of sp³-hybridized carbons (Fsp3) is 0.731. The standard InChI is InChI=1S/C26H38N4O4S/c1-14(2)34-26(33)21-15(3)23(24(27)32)35-25(21)28-20(31)13-29-4-6-30(7-5-29)22-18-9-16-8-17(11-18)12-19(22)10-16/h14,16-19,22H,4-13H2,1-3H3,(H2,27,32)(H,28,31). The van der Waals surface area contributed by atoms with Gasteiger partial charge in [0.1, 0.15) is 5.00 Å². The molecular weight excluding hydrogens is 464 g/mol. The van der Waals surface area contributed by atoms with E-state index in [0.29, 0.717) is 10.6 Å². The summed E-state index contributed by atoms with van der Waals surface area (Å²) in [6.45, 7) is 9.20. The minimum Gasteiger partial charge on any atom is -0.459 e. The average Bonchev–Trinajstić information content (AvgIpc) is 3.09. The van der Waals surface area contributed by atoms with Crippen LogP contribution in [0.25, 0.3) is 0 Å². The van der Waals surface area contributed by atoms with E-state index in [-0.39, 0.29) is 29.0 Å². The summed E-state index contributed by atoms with van der Waals surface area (Å²) < 4.78 is 5.34. The summed E-state index contributed by atoms with van der Waals surface area (Å²) >= 11 is 1.04. The number of esters is 1. The number of ether oxygens (including phenoxy) is 1. The van der Waals surface area contributed by atoms with Crippen LogP contribution < -0.4 is 11.1 Å². The molecule has 35 heavy (non-hydrogen) atoms. The van der Waals surface area contributed by atoms with Crippen LogP contribution in [0.1, 0.15) is 71.5 Å². The Morgan fingerprint density at radius 2 is 1.63 bits per heavy atom. The van der Waals surface area contributed by atoms with E-state index < -0.39 is 11.9 Å². The van der Waals surface area contributed by atoms with Crippen LogP contribution in [0.2, 0.25) is 0 Å². The molecule has 1 saturated heterocycles. The SMILES string of the molecule is Cc1c(C(N)=O)sc(NC(=O)CN2CCN(C3C4CC5CC(C4)CC3C5)CC2)c1C(=O)OC(C)C. The smallest absolute Gasteiger partial charge is 0.341 e. The summed E-state index contributed by atoms with van der Waals surface area (Å²) in [5.74, 6) is 2.37. The molecule has 8 nitrogen and oxygen atoms in total. The average molecular weight is 503 g/mol. The Kier molecular flexibility index (Phi) is 6.94. The molecule has 0 spiro atoms. The Hall–Kier alpha value is -1.97. The fourth-order valence-electron chi connectivity index (χ4n) is 7.44. The van der Waals surface area contributed by atoms with Gasteiger partial charge in [0.2, 0.25) is 5.91 Å². The van der Waals surface area contributed by atoms with Gasteiger partial charge in [-0.25, -0.2) is 4.79 Å². The second-order valence-electron chi connectivity index (χ2n) is 11.4. The number of carbonyl (C=O) groups is 3. The maximum atomic E-state index is 12.9. The first-order chi connectivity index (χ1) is 16.7. The molecule has 9 heteroatoms. The maximum absolute atomic E-state index is 12.9. The summed E-state index contributed by atoms with van der Waals surface area (Å²) in [5.41, 5.74) is 6.16. The summed E-state index contributed by atoms with van der Waals surface area (Å²) in [6, 6.07) is 0.745. The normalized spacial score (nSPS) is 30.6. The van der Waals surface area contributed by atoms with E-state index >= 15 is 0 Å². The van der Waals surface area contributed by atoms with Crippen molar-refractivity contribution >= 4 is 34.1 Å². The molecule has 0 atom stereocenters. The molecule has 2 amide bonds. The third-order valence-corrected chi connectivity index (χ3v) is 9.76. The first kappa shape index (κ1) is 24.7. The molecule has 0 aromatic carbocycles. The maximum Gasteiger partial charge on any atom is 0.341 e. The second kappa shape index (κ2) is 9.82. The Morgan fingerprint density at radius 1 is 1.03 bits per heavy atom. The lowest BCUT2D eigenvalue weighted by molar-refractivity contribution is -0.118. The van der Waals surface area contributed by atoms with E-state index in [0.717, 1.165) is 67.2 Å². The van der Waals surface area contributed by atoms with Gasteiger partial charge in [0, 0.05) is 32.2 Å². The van der Waals surface area contributed by atoms with Crippen LogP contribution in [0.3, 0.4) is 0 Å². The predicted octanol–water partition coefficient (Wildman–Crippen LogP) is 3.10. The Bertz CT molecular complexity index is 970. The van der Waals surface area contributed by atoms with Gasteiger partial charge in [0.05, 0.1) is 23.1 Å². The molecule has 5 aliphatic rings. The number of nitrogens with one attached hydrogen (secondary N) is 1. The van der Waals surface area contributed by atoms with Crippen LogP contribution in [0, 0.1) is 30.6 Å². The van der Waals surface area contributed by atoms with Crippen LogP contribution in [-0.4, -0.2) is 72.5 Å². The zero-order valence-corrected chi connectivity index (χ0v) is 21.9. The molecule has 192 valence electrons. The van der Waals surface area contributed by atoms with Gasteiger partial charge in [-0.2, -0.15) is 0 Å². The highest BCUT2D eigenvalue weighted by atomic mass is 32.1.